The zero-order valence-electron chi connectivity index (χ0n) is 18.8. The monoisotopic (exact) mass is 477 g/mol. The van der Waals surface area contributed by atoms with Gasteiger partial charge in [0.2, 0.25) is 11.7 Å². The second kappa shape index (κ2) is 11.7. The van der Waals surface area contributed by atoms with Gasteiger partial charge >= 0.3 is 0 Å². The lowest BCUT2D eigenvalue weighted by atomic mass is 10.0. The van der Waals surface area contributed by atoms with Gasteiger partial charge in [0.25, 0.3) is 5.91 Å². The summed E-state index contributed by atoms with van der Waals surface area (Å²) in [5.74, 6) is -0.531. The predicted octanol–water partition coefficient (Wildman–Crippen LogP) is 3.57. The summed E-state index contributed by atoms with van der Waals surface area (Å²) in [5.41, 5.74) is 2.26. The maximum absolute atomic E-state index is 12.9. The minimum Gasteiger partial charge on any atom is -0.379 e. The van der Waals surface area contributed by atoms with Crippen LogP contribution in [-0.2, 0) is 16.1 Å². The van der Waals surface area contributed by atoms with Crippen molar-refractivity contribution in [3.8, 4) is 0 Å². The van der Waals surface area contributed by atoms with Crippen LogP contribution in [0, 0.1) is 0 Å². The van der Waals surface area contributed by atoms with Gasteiger partial charge in [0, 0.05) is 43.9 Å². The quantitative estimate of drug-likeness (QED) is 0.460. The molecule has 1 aliphatic heterocycles. The fourth-order valence-electron chi connectivity index (χ4n) is 3.76. The molecule has 0 atom stereocenters. The van der Waals surface area contributed by atoms with E-state index in [0.717, 1.165) is 18.7 Å². The highest BCUT2D eigenvalue weighted by atomic mass is 32.1. The van der Waals surface area contributed by atoms with Crippen LogP contribution in [0.2, 0.25) is 0 Å². The summed E-state index contributed by atoms with van der Waals surface area (Å²) in [5, 5.41) is 7.65. The smallest absolute Gasteiger partial charge is 0.252 e. The number of nitrogens with zero attached hydrogens (tertiary/aromatic N) is 1. The molecule has 0 spiro atoms. The van der Waals surface area contributed by atoms with Crippen LogP contribution in [0.25, 0.3) is 0 Å². The number of rotatable bonds is 9. The van der Waals surface area contributed by atoms with Gasteiger partial charge in [0.05, 0.1) is 23.7 Å². The molecule has 2 heterocycles. The third kappa shape index (κ3) is 6.38. The molecule has 0 radical (unpaired) electrons. The van der Waals surface area contributed by atoms with Gasteiger partial charge in [0.15, 0.2) is 0 Å². The van der Waals surface area contributed by atoms with Gasteiger partial charge in [-0.25, -0.2) is 0 Å². The Labute approximate surface area is 202 Å². The first-order valence-corrected chi connectivity index (χ1v) is 12.1. The number of carbonyl (C=O) groups excluding carboxylic acids is 3. The standard InChI is InChI=1S/C26H27N3O4S/c30-24(10-11-29-12-14-33-15-13-29)28-20-6-3-5-19(17-20)18-27-26(32)22-8-2-1-7-21(22)25(31)23-9-4-16-34-23/h1-9,16-17H,10-15,18H2,(H,27,32)(H,28,30). The molecule has 8 heteroatoms. The summed E-state index contributed by atoms with van der Waals surface area (Å²) in [7, 11) is 0. The maximum atomic E-state index is 12.9. The van der Waals surface area contributed by atoms with E-state index in [1.54, 1.807) is 30.3 Å². The average molecular weight is 478 g/mol. The van der Waals surface area contributed by atoms with Crippen LogP contribution in [-0.4, -0.2) is 55.3 Å². The Hall–Kier alpha value is -3.33. The number of ketones is 1. The summed E-state index contributed by atoms with van der Waals surface area (Å²) < 4.78 is 5.33. The highest BCUT2D eigenvalue weighted by Gasteiger charge is 2.18. The van der Waals surface area contributed by atoms with E-state index in [-0.39, 0.29) is 24.1 Å². The van der Waals surface area contributed by atoms with E-state index < -0.39 is 0 Å². The van der Waals surface area contributed by atoms with Crippen LogP contribution in [0.5, 0.6) is 0 Å². The SMILES string of the molecule is O=C(CCN1CCOCC1)Nc1cccc(CNC(=O)c2ccccc2C(=O)c2cccs2)c1. The van der Waals surface area contributed by atoms with E-state index >= 15 is 0 Å². The number of morpholine rings is 1. The molecule has 0 unspecified atom stereocenters. The summed E-state index contributed by atoms with van der Waals surface area (Å²) >= 11 is 1.35. The van der Waals surface area contributed by atoms with Gasteiger partial charge in [-0.05, 0) is 35.2 Å². The molecule has 7 nitrogen and oxygen atoms in total. The van der Waals surface area contributed by atoms with E-state index in [2.05, 4.69) is 15.5 Å². The molecule has 2 N–H and O–H groups in total. The second-order valence-corrected chi connectivity index (χ2v) is 8.93. The van der Waals surface area contributed by atoms with Crippen molar-refractivity contribution >= 4 is 34.6 Å². The normalized spacial score (nSPS) is 13.9. The Morgan fingerprint density at radius 2 is 1.74 bits per heavy atom. The first-order chi connectivity index (χ1) is 16.6. The molecule has 1 saturated heterocycles. The van der Waals surface area contributed by atoms with Gasteiger partial charge in [-0.1, -0.05) is 36.4 Å². The number of anilines is 1. The Bertz CT molecular complexity index is 1140. The van der Waals surface area contributed by atoms with Crippen molar-refractivity contribution in [2.24, 2.45) is 0 Å². The van der Waals surface area contributed by atoms with Crippen molar-refractivity contribution in [3.05, 3.63) is 87.6 Å². The summed E-state index contributed by atoms with van der Waals surface area (Å²) in [6.45, 7) is 4.10. The van der Waals surface area contributed by atoms with E-state index in [1.165, 1.54) is 11.3 Å². The number of ether oxygens (including phenoxy) is 1. The Balaban J connectivity index is 1.33. The minimum absolute atomic E-state index is 0.0475. The Morgan fingerprint density at radius 1 is 0.941 bits per heavy atom. The topological polar surface area (TPSA) is 87.7 Å². The molecule has 1 aromatic heterocycles. The molecule has 0 saturated carbocycles. The first-order valence-electron chi connectivity index (χ1n) is 11.2. The molecule has 3 aromatic rings. The van der Waals surface area contributed by atoms with Crippen LogP contribution < -0.4 is 10.6 Å². The van der Waals surface area contributed by atoms with Gasteiger partial charge in [-0.2, -0.15) is 0 Å². The average Bonchev–Trinajstić information content (AvgIpc) is 3.42. The van der Waals surface area contributed by atoms with Gasteiger partial charge in [0.1, 0.15) is 0 Å². The van der Waals surface area contributed by atoms with Crippen LogP contribution in [0.3, 0.4) is 0 Å². The Kier molecular flexibility index (Phi) is 8.19. The lowest BCUT2D eigenvalue weighted by Gasteiger charge is -2.26. The third-order valence-electron chi connectivity index (χ3n) is 5.58. The van der Waals surface area contributed by atoms with Crippen LogP contribution in [0.4, 0.5) is 5.69 Å². The Morgan fingerprint density at radius 3 is 2.50 bits per heavy atom. The zero-order valence-corrected chi connectivity index (χ0v) is 19.6. The van der Waals surface area contributed by atoms with E-state index in [4.69, 9.17) is 4.74 Å². The summed E-state index contributed by atoms with van der Waals surface area (Å²) in [6.07, 6.45) is 0.413. The van der Waals surface area contributed by atoms with Crippen molar-refractivity contribution in [2.75, 3.05) is 38.2 Å². The molecule has 4 rings (SSSR count). The first kappa shape index (κ1) is 23.8. The number of carbonyl (C=O) groups is 3. The van der Waals surface area contributed by atoms with E-state index in [1.807, 2.05) is 35.7 Å². The second-order valence-electron chi connectivity index (χ2n) is 7.99. The molecule has 2 aromatic carbocycles. The molecule has 1 fully saturated rings. The molecular formula is C26H27N3O4S. The zero-order chi connectivity index (χ0) is 23.8. The number of nitrogens with one attached hydrogen (secondary N) is 2. The highest BCUT2D eigenvalue weighted by molar-refractivity contribution is 7.12. The van der Waals surface area contributed by atoms with Crippen molar-refractivity contribution in [1.82, 2.24) is 10.2 Å². The number of hydrogen-bond acceptors (Lipinski definition) is 6. The molecule has 34 heavy (non-hydrogen) atoms. The van der Waals surface area contributed by atoms with Gasteiger partial charge < -0.3 is 15.4 Å². The maximum Gasteiger partial charge on any atom is 0.252 e. The summed E-state index contributed by atoms with van der Waals surface area (Å²) in [6, 6.07) is 17.8. The van der Waals surface area contributed by atoms with E-state index in [0.29, 0.717) is 47.9 Å². The van der Waals surface area contributed by atoms with Crippen molar-refractivity contribution in [3.63, 3.8) is 0 Å². The lowest BCUT2D eigenvalue weighted by Crippen LogP contribution is -2.38. The molecule has 0 bridgehead atoms. The molecule has 0 aliphatic carbocycles. The third-order valence-corrected chi connectivity index (χ3v) is 6.45. The number of hydrogen-bond donors (Lipinski definition) is 2. The molecular weight excluding hydrogens is 450 g/mol. The molecule has 2 amide bonds. The largest absolute Gasteiger partial charge is 0.379 e. The number of benzene rings is 2. The molecule has 1 aliphatic rings. The fourth-order valence-corrected chi connectivity index (χ4v) is 4.44. The van der Waals surface area contributed by atoms with Crippen LogP contribution >= 0.6 is 11.3 Å². The lowest BCUT2D eigenvalue weighted by molar-refractivity contribution is -0.116. The number of thiophene rings is 1. The fraction of sp³-hybridized carbons (Fsp3) is 0.269. The van der Waals surface area contributed by atoms with Crippen molar-refractivity contribution < 1.29 is 19.1 Å². The molecule has 176 valence electrons. The summed E-state index contributed by atoms with van der Waals surface area (Å²) in [4.78, 5) is 40.8. The van der Waals surface area contributed by atoms with Gasteiger partial charge in [-0.15, -0.1) is 11.3 Å². The van der Waals surface area contributed by atoms with Crippen molar-refractivity contribution in [2.45, 2.75) is 13.0 Å². The van der Waals surface area contributed by atoms with Crippen LogP contribution in [0.1, 0.15) is 37.6 Å². The van der Waals surface area contributed by atoms with E-state index in [9.17, 15) is 14.4 Å². The highest BCUT2D eigenvalue weighted by Crippen LogP contribution is 2.19. The minimum atomic E-state index is -0.319. The van der Waals surface area contributed by atoms with Crippen molar-refractivity contribution in [1.29, 1.82) is 0 Å². The van der Waals surface area contributed by atoms with Gasteiger partial charge in [-0.3, -0.25) is 19.3 Å². The van der Waals surface area contributed by atoms with Crippen LogP contribution in [0.15, 0.2) is 66.0 Å². The predicted molar refractivity (Wildman–Crippen MR) is 132 cm³/mol. The number of amides is 2.